The van der Waals surface area contributed by atoms with Gasteiger partial charge in [-0.25, -0.2) is 18.2 Å². The first-order chi connectivity index (χ1) is 8.36. The topological polar surface area (TPSA) is 78.5 Å². The van der Waals surface area contributed by atoms with Crippen molar-refractivity contribution in [2.24, 2.45) is 0 Å². The molecule has 2 amide bonds. The van der Waals surface area contributed by atoms with Crippen molar-refractivity contribution in [2.45, 2.75) is 11.8 Å². The molecule has 0 fully saturated rings. The number of hydrogen-bond acceptors (Lipinski definition) is 3. The summed E-state index contributed by atoms with van der Waals surface area (Å²) in [6.45, 7) is 2.16. The SMILES string of the molecule is CCNC(=O)N(C)NS(=O)(=O)c1ccc(Br)cc1. The van der Waals surface area contributed by atoms with E-state index in [0.717, 1.165) is 9.48 Å². The summed E-state index contributed by atoms with van der Waals surface area (Å²) in [7, 11) is -2.41. The molecular weight excluding hydrogens is 322 g/mol. The fourth-order valence-corrected chi connectivity index (χ4v) is 2.47. The number of nitrogens with one attached hydrogen (secondary N) is 2. The van der Waals surface area contributed by atoms with E-state index in [1.54, 1.807) is 19.1 Å². The maximum Gasteiger partial charge on any atom is 0.332 e. The molecule has 0 saturated carbocycles. The third-order valence-electron chi connectivity index (χ3n) is 2.01. The van der Waals surface area contributed by atoms with Gasteiger partial charge >= 0.3 is 6.03 Å². The highest BCUT2D eigenvalue weighted by molar-refractivity contribution is 9.10. The van der Waals surface area contributed by atoms with Crippen molar-refractivity contribution in [3.63, 3.8) is 0 Å². The number of amides is 2. The molecule has 0 atom stereocenters. The summed E-state index contributed by atoms with van der Waals surface area (Å²) in [5.41, 5.74) is 0. The number of carbonyl (C=O) groups is 1. The van der Waals surface area contributed by atoms with Gasteiger partial charge < -0.3 is 5.32 Å². The minimum Gasteiger partial charge on any atom is -0.337 e. The molecule has 6 nitrogen and oxygen atoms in total. The van der Waals surface area contributed by atoms with E-state index in [1.807, 2.05) is 0 Å². The molecule has 0 spiro atoms. The molecule has 0 unspecified atom stereocenters. The van der Waals surface area contributed by atoms with E-state index in [2.05, 4.69) is 26.1 Å². The van der Waals surface area contributed by atoms with Gasteiger partial charge in [0.05, 0.1) is 4.90 Å². The van der Waals surface area contributed by atoms with Crippen molar-refractivity contribution in [1.82, 2.24) is 15.2 Å². The first-order valence-corrected chi connectivity index (χ1v) is 7.44. The normalized spacial score (nSPS) is 11.1. The van der Waals surface area contributed by atoms with Gasteiger partial charge in [0.25, 0.3) is 10.0 Å². The molecule has 0 aliphatic heterocycles. The van der Waals surface area contributed by atoms with Crippen molar-refractivity contribution in [1.29, 1.82) is 0 Å². The van der Waals surface area contributed by atoms with Crippen LogP contribution < -0.4 is 10.1 Å². The molecule has 0 aliphatic carbocycles. The van der Waals surface area contributed by atoms with E-state index < -0.39 is 16.1 Å². The second kappa shape index (κ2) is 6.17. The Kier molecular flexibility index (Phi) is 5.12. The first-order valence-electron chi connectivity index (χ1n) is 5.16. The van der Waals surface area contributed by atoms with Gasteiger partial charge in [0.2, 0.25) is 0 Å². The number of urea groups is 1. The Balaban J connectivity index is 2.82. The van der Waals surface area contributed by atoms with Crippen molar-refractivity contribution in [3.8, 4) is 0 Å². The molecular formula is C10H14BrN3O3S. The maximum atomic E-state index is 11.9. The van der Waals surface area contributed by atoms with E-state index >= 15 is 0 Å². The van der Waals surface area contributed by atoms with Crippen molar-refractivity contribution in [2.75, 3.05) is 13.6 Å². The smallest absolute Gasteiger partial charge is 0.332 e. The van der Waals surface area contributed by atoms with Gasteiger partial charge in [0.1, 0.15) is 0 Å². The zero-order chi connectivity index (χ0) is 13.8. The number of sulfonamides is 1. The van der Waals surface area contributed by atoms with E-state index in [9.17, 15) is 13.2 Å². The number of benzene rings is 1. The second-order valence-corrected chi connectivity index (χ2v) is 6.02. The number of carbonyl (C=O) groups excluding carboxylic acids is 1. The average molecular weight is 336 g/mol. The Bertz CT molecular complexity index is 516. The number of hydrogen-bond donors (Lipinski definition) is 2. The summed E-state index contributed by atoms with van der Waals surface area (Å²) >= 11 is 3.22. The number of nitrogens with zero attached hydrogens (tertiary/aromatic N) is 1. The van der Waals surface area contributed by atoms with E-state index in [0.29, 0.717) is 6.54 Å². The highest BCUT2D eigenvalue weighted by atomic mass is 79.9. The van der Waals surface area contributed by atoms with Crippen LogP contribution in [0.25, 0.3) is 0 Å². The largest absolute Gasteiger partial charge is 0.337 e. The summed E-state index contributed by atoms with van der Waals surface area (Å²) < 4.78 is 24.6. The fourth-order valence-electron chi connectivity index (χ4n) is 1.16. The summed E-state index contributed by atoms with van der Waals surface area (Å²) in [5, 5.41) is 3.37. The molecule has 1 rings (SSSR count). The second-order valence-electron chi connectivity index (χ2n) is 3.44. The molecule has 0 saturated heterocycles. The summed E-state index contributed by atoms with van der Waals surface area (Å²) in [4.78, 5) is 13.6. The predicted octanol–water partition coefficient (Wildman–Crippen LogP) is 1.30. The van der Waals surface area contributed by atoms with Crippen LogP contribution in [0.2, 0.25) is 0 Å². The third-order valence-corrected chi connectivity index (χ3v) is 3.95. The third kappa shape index (κ3) is 3.97. The molecule has 100 valence electrons. The summed E-state index contributed by atoms with van der Waals surface area (Å²) in [6, 6.07) is 5.59. The van der Waals surface area contributed by atoms with Crippen LogP contribution in [-0.4, -0.2) is 33.1 Å². The Labute approximate surface area is 115 Å². The molecule has 0 bridgehead atoms. The zero-order valence-electron chi connectivity index (χ0n) is 9.97. The van der Waals surface area contributed by atoms with Crippen LogP contribution in [0.5, 0.6) is 0 Å². The van der Waals surface area contributed by atoms with Crippen LogP contribution in [0, 0.1) is 0 Å². The van der Waals surface area contributed by atoms with Crippen molar-refractivity contribution in [3.05, 3.63) is 28.7 Å². The fraction of sp³-hybridized carbons (Fsp3) is 0.300. The van der Waals surface area contributed by atoms with Crippen LogP contribution in [0.1, 0.15) is 6.92 Å². The van der Waals surface area contributed by atoms with Crippen LogP contribution in [0.4, 0.5) is 4.79 Å². The standard InChI is InChI=1S/C10H14BrN3O3S/c1-3-12-10(15)14(2)13-18(16,17)9-6-4-8(11)5-7-9/h4-7,13H,3H2,1-2H3,(H,12,15). The molecule has 0 aliphatic rings. The molecule has 1 aromatic carbocycles. The molecule has 1 aromatic rings. The predicted molar refractivity (Wildman–Crippen MR) is 71.3 cm³/mol. The molecule has 18 heavy (non-hydrogen) atoms. The Morgan fingerprint density at radius 3 is 2.39 bits per heavy atom. The van der Waals surface area contributed by atoms with E-state index in [4.69, 9.17) is 0 Å². The van der Waals surface area contributed by atoms with Gasteiger partial charge in [-0.2, -0.15) is 0 Å². The number of hydrazine groups is 1. The highest BCUT2D eigenvalue weighted by Gasteiger charge is 2.18. The van der Waals surface area contributed by atoms with Gasteiger partial charge in [0, 0.05) is 18.1 Å². The average Bonchev–Trinajstić information content (AvgIpc) is 2.29. The van der Waals surface area contributed by atoms with Crippen molar-refractivity contribution < 1.29 is 13.2 Å². The minimum atomic E-state index is -3.75. The van der Waals surface area contributed by atoms with Crippen LogP contribution >= 0.6 is 15.9 Å². The first kappa shape index (κ1) is 14.9. The molecule has 0 heterocycles. The van der Waals surface area contributed by atoms with Crippen LogP contribution in [0.3, 0.4) is 0 Å². The van der Waals surface area contributed by atoms with Gasteiger partial charge in [-0.3, -0.25) is 0 Å². The van der Waals surface area contributed by atoms with Crippen LogP contribution in [-0.2, 0) is 10.0 Å². The Hall–Kier alpha value is -1.12. The number of rotatable bonds is 4. The van der Waals surface area contributed by atoms with Gasteiger partial charge in [-0.1, -0.05) is 15.9 Å². The van der Waals surface area contributed by atoms with Gasteiger partial charge in [-0.05, 0) is 31.2 Å². The quantitative estimate of drug-likeness (QED) is 0.814. The molecule has 2 N–H and O–H groups in total. The van der Waals surface area contributed by atoms with Crippen LogP contribution in [0.15, 0.2) is 33.6 Å². The highest BCUT2D eigenvalue weighted by Crippen LogP contribution is 2.14. The van der Waals surface area contributed by atoms with Gasteiger partial charge in [-0.15, -0.1) is 4.83 Å². The lowest BCUT2D eigenvalue weighted by molar-refractivity contribution is 0.202. The monoisotopic (exact) mass is 335 g/mol. The molecule has 0 radical (unpaired) electrons. The Morgan fingerprint density at radius 2 is 1.89 bits per heavy atom. The number of halogens is 1. The maximum absolute atomic E-state index is 11.9. The van der Waals surface area contributed by atoms with E-state index in [-0.39, 0.29) is 4.90 Å². The lowest BCUT2D eigenvalue weighted by Crippen LogP contribution is -2.48. The van der Waals surface area contributed by atoms with Gasteiger partial charge in [0.15, 0.2) is 0 Å². The Morgan fingerprint density at radius 1 is 1.33 bits per heavy atom. The van der Waals surface area contributed by atoms with E-state index in [1.165, 1.54) is 19.2 Å². The zero-order valence-corrected chi connectivity index (χ0v) is 12.4. The lowest BCUT2D eigenvalue weighted by atomic mass is 10.4. The lowest BCUT2D eigenvalue weighted by Gasteiger charge is -2.18. The molecule has 8 heteroatoms. The summed E-state index contributed by atoms with van der Waals surface area (Å²) in [5.74, 6) is 0. The molecule has 0 aromatic heterocycles. The van der Waals surface area contributed by atoms with Crippen molar-refractivity contribution >= 4 is 32.0 Å². The summed E-state index contributed by atoms with van der Waals surface area (Å²) in [6.07, 6.45) is 0. The minimum absolute atomic E-state index is 0.0850.